The van der Waals surface area contributed by atoms with Crippen molar-refractivity contribution in [3.63, 3.8) is 0 Å². The molecule has 2 heterocycles. The molecular weight excluding hydrogens is 358 g/mol. The highest BCUT2D eigenvalue weighted by molar-refractivity contribution is 5.76. The minimum atomic E-state index is -0.111. The summed E-state index contributed by atoms with van der Waals surface area (Å²) < 4.78 is 10.3. The molecule has 0 unspecified atom stereocenters. The molecule has 1 aliphatic rings. The molecule has 3 N–H and O–H groups in total. The molecule has 1 aromatic heterocycles. The van der Waals surface area contributed by atoms with Crippen LogP contribution in [0, 0.1) is 5.92 Å². The first-order valence-corrected chi connectivity index (χ1v) is 9.51. The van der Waals surface area contributed by atoms with Gasteiger partial charge in [-0.3, -0.25) is 4.79 Å². The monoisotopic (exact) mass is 385 g/mol. The van der Waals surface area contributed by atoms with E-state index in [1.54, 1.807) is 7.11 Å². The maximum absolute atomic E-state index is 11.9. The van der Waals surface area contributed by atoms with E-state index in [4.69, 9.17) is 15.2 Å². The molecular formula is C20H27N5O3. The number of nitrogens with one attached hydrogen (secondary N) is 1. The Kier molecular flexibility index (Phi) is 6.52. The Morgan fingerprint density at radius 1 is 1.25 bits per heavy atom. The summed E-state index contributed by atoms with van der Waals surface area (Å²) >= 11 is 0. The molecule has 1 saturated heterocycles. The molecule has 1 fully saturated rings. The zero-order valence-corrected chi connectivity index (χ0v) is 16.4. The fourth-order valence-electron chi connectivity index (χ4n) is 3.30. The standard InChI is InChI=1S/C20H27N5O3/c1-3-28-20(26)15-8-10-25(11-9-15)19-17(21)18(23-13-24-19)22-12-14-4-6-16(27-2)7-5-14/h4-7,13,15H,3,8-12,21H2,1-2H3,(H,22,23,24). The SMILES string of the molecule is CCOC(=O)C1CCN(c2ncnc(NCc3ccc(OC)cc3)c2N)CC1. The second-order valence-electron chi connectivity index (χ2n) is 6.67. The lowest BCUT2D eigenvalue weighted by Gasteiger charge is -2.32. The number of methoxy groups -OCH3 is 1. The van der Waals surface area contributed by atoms with Crippen molar-refractivity contribution in [3.05, 3.63) is 36.2 Å². The van der Waals surface area contributed by atoms with Crippen LogP contribution in [0.2, 0.25) is 0 Å². The molecule has 0 aliphatic carbocycles. The lowest BCUT2D eigenvalue weighted by atomic mass is 9.97. The van der Waals surface area contributed by atoms with E-state index in [1.807, 2.05) is 31.2 Å². The van der Waals surface area contributed by atoms with Gasteiger partial charge in [0.05, 0.1) is 19.6 Å². The summed E-state index contributed by atoms with van der Waals surface area (Å²) in [6, 6.07) is 7.81. The van der Waals surface area contributed by atoms with Crippen molar-refractivity contribution in [2.45, 2.75) is 26.3 Å². The van der Waals surface area contributed by atoms with Crippen LogP contribution in [-0.4, -0.2) is 42.7 Å². The van der Waals surface area contributed by atoms with Gasteiger partial charge in [-0.25, -0.2) is 9.97 Å². The van der Waals surface area contributed by atoms with Gasteiger partial charge in [-0.1, -0.05) is 12.1 Å². The largest absolute Gasteiger partial charge is 0.497 e. The van der Waals surface area contributed by atoms with Gasteiger partial charge in [-0.2, -0.15) is 0 Å². The molecule has 0 radical (unpaired) electrons. The van der Waals surface area contributed by atoms with E-state index in [2.05, 4.69) is 20.2 Å². The zero-order chi connectivity index (χ0) is 19.9. The summed E-state index contributed by atoms with van der Waals surface area (Å²) in [6.45, 7) is 4.26. The van der Waals surface area contributed by atoms with Crippen molar-refractivity contribution in [2.75, 3.05) is 42.8 Å². The van der Waals surface area contributed by atoms with Crippen LogP contribution in [0.5, 0.6) is 5.75 Å². The first kappa shape index (κ1) is 19.7. The first-order valence-electron chi connectivity index (χ1n) is 9.51. The molecule has 28 heavy (non-hydrogen) atoms. The van der Waals surface area contributed by atoms with Crippen LogP contribution in [-0.2, 0) is 16.1 Å². The molecule has 1 aliphatic heterocycles. The number of carbonyl (C=O) groups is 1. The average molecular weight is 385 g/mol. The predicted molar refractivity (Wildman–Crippen MR) is 108 cm³/mol. The minimum Gasteiger partial charge on any atom is -0.497 e. The second-order valence-corrected chi connectivity index (χ2v) is 6.67. The third kappa shape index (κ3) is 4.62. The van der Waals surface area contributed by atoms with Crippen LogP contribution in [0.3, 0.4) is 0 Å². The molecule has 1 aromatic carbocycles. The van der Waals surface area contributed by atoms with Gasteiger partial charge in [-0.05, 0) is 37.5 Å². The number of nitrogen functional groups attached to an aromatic ring is 1. The lowest BCUT2D eigenvalue weighted by molar-refractivity contribution is -0.148. The third-order valence-corrected chi connectivity index (χ3v) is 4.90. The number of hydrogen-bond acceptors (Lipinski definition) is 8. The van der Waals surface area contributed by atoms with Gasteiger partial charge in [0, 0.05) is 19.6 Å². The van der Waals surface area contributed by atoms with Gasteiger partial charge >= 0.3 is 5.97 Å². The molecule has 0 spiro atoms. The first-order chi connectivity index (χ1) is 13.6. The maximum Gasteiger partial charge on any atom is 0.309 e. The van der Waals surface area contributed by atoms with Gasteiger partial charge < -0.3 is 25.4 Å². The van der Waals surface area contributed by atoms with Gasteiger partial charge in [-0.15, -0.1) is 0 Å². The number of rotatable bonds is 7. The molecule has 0 atom stereocenters. The molecule has 2 aromatic rings. The van der Waals surface area contributed by atoms with Gasteiger partial charge in [0.25, 0.3) is 0 Å². The highest BCUT2D eigenvalue weighted by Gasteiger charge is 2.27. The highest BCUT2D eigenvalue weighted by Crippen LogP contribution is 2.30. The lowest BCUT2D eigenvalue weighted by Crippen LogP contribution is -2.38. The van der Waals surface area contributed by atoms with Gasteiger partial charge in [0.2, 0.25) is 0 Å². The molecule has 0 saturated carbocycles. The van der Waals surface area contributed by atoms with E-state index in [0.29, 0.717) is 43.6 Å². The molecule has 8 nitrogen and oxygen atoms in total. The van der Waals surface area contributed by atoms with Crippen molar-refractivity contribution < 1.29 is 14.3 Å². The van der Waals surface area contributed by atoms with Gasteiger partial charge in [0.15, 0.2) is 11.6 Å². The Morgan fingerprint density at radius 3 is 2.61 bits per heavy atom. The van der Waals surface area contributed by atoms with Crippen molar-refractivity contribution >= 4 is 23.3 Å². The van der Waals surface area contributed by atoms with E-state index >= 15 is 0 Å². The quantitative estimate of drug-likeness (QED) is 0.701. The molecule has 0 bridgehead atoms. The fourth-order valence-corrected chi connectivity index (χ4v) is 3.30. The van der Waals surface area contributed by atoms with Crippen LogP contribution in [0.15, 0.2) is 30.6 Å². The Balaban J connectivity index is 1.62. The topological polar surface area (TPSA) is 103 Å². The number of anilines is 3. The number of nitrogens with zero attached hydrogens (tertiary/aromatic N) is 3. The number of aromatic nitrogens is 2. The van der Waals surface area contributed by atoms with Crippen molar-refractivity contribution in [1.82, 2.24) is 9.97 Å². The number of ether oxygens (including phenoxy) is 2. The Labute approximate surface area is 165 Å². The van der Waals surface area contributed by atoms with E-state index in [1.165, 1.54) is 6.33 Å². The fraction of sp³-hybridized carbons (Fsp3) is 0.450. The van der Waals surface area contributed by atoms with Crippen molar-refractivity contribution in [3.8, 4) is 5.75 Å². The Morgan fingerprint density at radius 2 is 1.96 bits per heavy atom. The number of piperidine rings is 1. The van der Waals surface area contributed by atoms with E-state index in [0.717, 1.165) is 24.2 Å². The summed E-state index contributed by atoms with van der Waals surface area (Å²) in [7, 11) is 1.64. The van der Waals surface area contributed by atoms with E-state index < -0.39 is 0 Å². The Hall–Kier alpha value is -3.03. The molecule has 8 heteroatoms. The molecule has 0 amide bonds. The second kappa shape index (κ2) is 9.25. The summed E-state index contributed by atoms with van der Waals surface area (Å²) in [5.74, 6) is 1.97. The third-order valence-electron chi connectivity index (χ3n) is 4.90. The summed E-state index contributed by atoms with van der Waals surface area (Å²) in [6.07, 6.45) is 2.98. The smallest absolute Gasteiger partial charge is 0.309 e. The van der Waals surface area contributed by atoms with Crippen LogP contribution >= 0.6 is 0 Å². The number of esters is 1. The number of benzene rings is 1. The average Bonchev–Trinajstić information content (AvgIpc) is 2.74. The highest BCUT2D eigenvalue weighted by atomic mass is 16.5. The maximum atomic E-state index is 11.9. The van der Waals surface area contributed by atoms with Gasteiger partial charge in [0.1, 0.15) is 17.8 Å². The van der Waals surface area contributed by atoms with Crippen molar-refractivity contribution in [2.24, 2.45) is 5.92 Å². The van der Waals surface area contributed by atoms with Crippen LogP contribution < -0.4 is 20.7 Å². The Bertz CT molecular complexity index is 789. The summed E-state index contributed by atoms with van der Waals surface area (Å²) in [4.78, 5) is 22.7. The summed E-state index contributed by atoms with van der Waals surface area (Å²) in [5.41, 5.74) is 7.94. The van der Waals surface area contributed by atoms with E-state index in [9.17, 15) is 4.79 Å². The van der Waals surface area contributed by atoms with E-state index in [-0.39, 0.29) is 11.9 Å². The number of hydrogen-bond donors (Lipinski definition) is 2. The number of nitrogens with two attached hydrogens (primary N) is 1. The van der Waals surface area contributed by atoms with Crippen LogP contribution in [0.25, 0.3) is 0 Å². The predicted octanol–water partition coefficient (Wildman–Crippen LogP) is 2.46. The number of carbonyl (C=O) groups excluding carboxylic acids is 1. The summed E-state index contributed by atoms with van der Waals surface area (Å²) in [5, 5.41) is 3.27. The minimum absolute atomic E-state index is 0.0491. The normalized spacial score (nSPS) is 14.6. The van der Waals surface area contributed by atoms with Crippen LogP contribution in [0.4, 0.5) is 17.3 Å². The van der Waals surface area contributed by atoms with Crippen LogP contribution in [0.1, 0.15) is 25.3 Å². The molecule has 3 rings (SSSR count). The van der Waals surface area contributed by atoms with Crippen molar-refractivity contribution in [1.29, 1.82) is 0 Å². The molecule has 150 valence electrons. The zero-order valence-electron chi connectivity index (χ0n) is 16.4.